The van der Waals surface area contributed by atoms with E-state index in [2.05, 4.69) is 32.5 Å². The van der Waals surface area contributed by atoms with Crippen LogP contribution in [0.2, 0.25) is 0 Å². The summed E-state index contributed by atoms with van der Waals surface area (Å²) in [6.07, 6.45) is 3.10. The zero-order valence-electron chi connectivity index (χ0n) is 14.1. The molecule has 0 unspecified atom stereocenters. The van der Waals surface area contributed by atoms with E-state index in [-0.39, 0.29) is 11.9 Å². The number of benzene rings is 1. The number of amides is 2. The van der Waals surface area contributed by atoms with Crippen molar-refractivity contribution >= 4 is 23.1 Å². The van der Waals surface area contributed by atoms with Crippen molar-refractivity contribution in [2.75, 3.05) is 5.32 Å². The molecule has 2 heterocycles. The lowest BCUT2D eigenvalue weighted by Gasteiger charge is -2.12. The first-order chi connectivity index (χ1) is 12.1. The fourth-order valence-electron chi connectivity index (χ4n) is 2.50. The van der Waals surface area contributed by atoms with E-state index in [1.807, 2.05) is 36.7 Å². The first-order valence-electron chi connectivity index (χ1n) is 7.93. The van der Waals surface area contributed by atoms with Gasteiger partial charge in [0.05, 0.1) is 23.4 Å². The molecule has 0 aliphatic rings. The lowest BCUT2D eigenvalue weighted by atomic mass is 9.98. The number of aryl methyl sites for hydroxylation is 1. The third-order valence-electron chi connectivity index (χ3n) is 3.92. The normalized spacial score (nSPS) is 11.8. The van der Waals surface area contributed by atoms with Crippen LogP contribution in [-0.4, -0.2) is 21.0 Å². The maximum atomic E-state index is 12.0. The molecule has 25 heavy (non-hydrogen) atoms. The summed E-state index contributed by atoms with van der Waals surface area (Å²) < 4.78 is 0. The van der Waals surface area contributed by atoms with E-state index in [1.165, 1.54) is 16.8 Å². The highest BCUT2D eigenvalue weighted by molar-refractivity contribution is 7.09. The van der Waals surface area contributed by atoms with Crippen LogP contribution in [0, 0.1) is 6.92 Å². The smallest absolute Gasteiger partial charge is 0.319 e. The molecule has 2 amide bonds. The summed E-state index contributed by atoms with van der Waals surface area (Å²) >= 11 is 1.67. The Bertz CT molecular complexity index is 832. The van der Waals surface area contributed by atoms with Crippen LogP contribution in [0.3, 0.4) is 0 Å². The summed E-state index contributed by atoms with van der Waals surface area (Å²) in [5.41, 5.74) is 5.65. The van der Waals surface area contributed by atoms with Crippen LogP contribution in [-0.2, 0) is 6.54 Å². The fourth-order valence-corrected chi connectivity index (χ4v) is 3.39. The minimum Gasteiger partial charge on any atom is -0.332 e. The average molecular weight is 353 g/mol. The van der Waals surface area contributed by atoms with Crippen LogP contribution in [0.5, 0.6) is 0 Å². The number of urea groups is 1. The SMILES string of the molecule is Cc1ncsc1[C@H](C)c1ccc(NC(=O)NCc2ccncn2)cc1. The molecule has 3 rings (SSSR count). The second-order valence-corrected chi connectivity index (χ2v) is 6.54. The van der Waals surface area contributed by atoms with E-state index in [4.69, 9.17) is 0 Å². The number of aromatic nitrogens is 3. The number of rotatable bonds is 5. The summed E-state index contributed by atoms with van der Waals surface area (Å²) in [4.78, 5) is 25.4. The molecule has 0 radical (unpaired) electrons. The Kier molecular flexibility index (Phi) is 5.35. The number of anilines is 1. The minimum atomic E-state index is -0.266. The van der Waals surface area contributed by atoms with Crippen molar-refractivity contribution in [2.45, 2.75) is 26.3 Å². The zero-order valence-corrected chi connectivity index (χ0v) is 14.9. The van der Waals surface area contributed by atoms with Crippen LogP contribution in [0.4, 0.5) is 10.5 Å². The molecule has 0 aliphatic carbocycles. The summed E-state index contributed by atoms with van der Waals surface area (Å²) in [5.74, 6) is 0.285. The molecule has 1 aromatic carbocycles. The maximum absolute atomic E-state index is 12.0. The molecule has 7 heteroatoms. The van der Waals surface area contributed by atoms with Crippen molar-refractivity contribution in [3.8, 4) is 0 Å². The van der Waals surface area contributed by atoms with Crippen molar-refractivity contribution in [3.63, 3.8) is 0 Å². The van der Waals surface area contributed by atoms with Crippen molar-refractivity contribution in [3.05, 3.63) is 70.2 Å². The topological polar surface area (TPSA) is 79.8 Å². The quantitative estimate of drug-likeness (QED) is 0.733. The van der Waals surface area contributed by atoms with Crippen molar-refractivity contribution in [1.82, 2.24) is 20.3 Å². The molecule has 2 aromatic heterocycles. The number of nitrogens with zero attached hydrogens (tertiary/aromatic N) is 3. The molecule has 0 bridgehead atoms. The van der Waals surface area contributed by atoms with Crippen LogP contribution in [0.25, 0.3) is 0 Å². The molecule has 1 atom stereocenters. The second-order valence-electron chi connectivity index (χ2n) is 5.65. The van der Waals surface area contributed by atoms with Gasteiger partial charge < -0.3 is 10.6 Å². The van der Waals surface area contributed by atoms with E-state index in [0.717, 1.165) is 17.1 Å². The largest absolute Gasteiger partial charge is 0.332 e. The van der Waals surface area contributed by atoms with Gasteiger partial charge in [-0.15, -0.1) is 11.3 Å². The molecule has 0 saturated heterocycles. The van der Waals surface area contributed by atoms with E-state index in [9.17, 15) is 4.79 Å². The Morgan fingerprint density at radius 1 is 1.20 bits per heavy atom. The van der Waals surface area contributed by atoms with E-state index >= 15 is 0 Å². The van der Waals surface area contributed by atoms with Crippen LogP contribution >= 0.6 is 11.3 Å². The molecule has 2 N–H and O–H groups in total. The predicted molar refractivity (Wildman–Crippen MR) is 98.7 cm³/mol. The molecule has 0 aliphatic heterocycles. The summed E-state index contributed by atoms with van der Waals surface area (Å²) in [7, 11) is 0. The number of carbonyl (C=O) groups excluding carboxylic acids is 1. The van der Waals surface area contributed by atoms with E-state index in [1.54, 1.807) is 23.6 Å². The molecule has 0 saturated carbocycles. The third kappa shape index (κ3) is 4.39. The second kappa shape index (κ2) is 7.85. The third-order valence-corrected chi connectivity index (χ3v) is 5.03. The van der Waals surface area contributed by atoms with Gasteiger partial charge in [0.15, 0.2) is 0 Å². The summed E-state index contributed by atoms with van der Waals surface area (Å²) in [5, 5.41) is 5.59. The highest BCUT2D eigenvalue weighted by atomic mass is 32.1. The number of hydrogen-bond donors (Lipinski definition) is 2. The standard InChI is InChI=1S/C18H19N5OS/c1-12(17-13(2)22-11-25-17)14-3-5-15(6-4-14)23-18(24)20-9-16-7-8-19-10-21-16/h3-8,10-12H,9H2,1-2H3,(H2,20,23,24)/t12-/m1/s1. The molecule has 6 nitrogen and oxygen atoms in total. The van der Waals surface area contributed by atoms with Gasteiger partial charge in [0, 0.05) is 22.7 Å². The van der Waals surface area contributed by atoms with Gasteiger partial charge >= 0.3 is 6.03 Å². The van der Waals surface area contributed by atoms with Crippen molar-refractivity contribution < 1.29 is 4.79 Å². The number of nitrogens with one attached hydrogen (secondary N) is 2. The first-order valence-corrected chi connectivity index (χ1v) is 8.81. The Labute approximate surface area is 150 Å². The maximum Gasteiger partial charge on any atom is 0.319 e. The molecular formula is C18H19N5OS. The van der Waals surface area contributed by atoms with E-state index < -0.39 is 0 Å². The Morgan fingerprint density at radius 3 is 2.64 bits per heavy atom. The van der Waals surface area contributed by atoms with Crippen LogP contribution in [0.15, 0.2) is 48.4 Å². The Balaban J connectivity index is 1.57. The minimum absolute atomic E-state index is 0.266. The molecule has 3 aromatic rings. The van der Waals surface area contributed by atoms with Crippen molar-refractivity contribution in [2.24, 2.45) is 0 Å². The van der Waals surface area contributed by atoms with Gasteiger partial charge in [-0.2, -0.15) is 0 Å². The van der Waals surface area contributed by atoms with Gasteiger partial charge in [0.1, 0.15) is 6.33 Å². The lowest BCUT2D eigenvalue weighted by molar-refractivity contribution is 0.251. The number of hydrogen-bond acceptors (Lipinski definition) is 5. The highest BCUT2D eigenvalue weighted by Gasteiger charge is 2.13. The first kappa shape index (κ1) is 17.0. The summed E-state index contributed by atoms with van der Waals surface area (Å²) in [6.45, 7) is 4.55. The van der Waals surface area contributed by atoms with E-state index in [0.29, 0.717) is 6.54 Å². The zero-order chi connectivity index (χ0) is 17.6. The molecule has 0 fully saturated rings. The average Bonchev–Trinajstić information content (AvgIpc) is 3.07. The van der Waals surface area contributed by atoms with Gasteiger partial charge in [-0.05, 0) is 30.7 Å². The van der Waals surface area contributed by atoms with Crippen molar-refractivity contribution in [1.29, 1.82) is 0 Å². The van der Waals surface area contributed by atoms with Gasteiger partial charge in [-0.25, -0.2) is 19.7 Å². The summed E-state index contributed by atoms with van der Waals surface area (Å²) in [6, 6.07) is 9.38. The highest BCUT2D eigenvalue weighted by Crippen LogP contribution is 2.30. The lowest BCUT2D eigenvalue weighted by Crippen LogP contribution is -2.28. The predicted octanol–water partition coefficient (Wildman–Crippen LogP) is 3.72. The van der Waals surface area contributed by atoms with Crippen LogP contribution in [0.1, 0.15) is 34.7 Å². The fraction of sp³-hybridized carbons (Fsp3) is 0.222. The molecular weight excluding hydrogens is 334 g/mol. The number of thiazole rings is 1. The Morgan fingerprint density at radius 2 is 2.00 bits per heavy atom. The molecule has 128 valence electrons. The number of carbonyl (C=O) groups is 1. The molecule has 0 spiro atoms. The van der Waals surface area contributed by atoms with Gasteiger partial charge in [-0.3, -0.25) is 0 Å². The van der Waals surface area contributed by atoms with Gasteiger partial charge in [0.25, 0.3) is 0 Å². The Hall–Kier alpha value is -2.80. The van der Waals surface area contributed by atoms with Crippen LogP contribution < -0.4 is 10.6 Å². The monoisotopic (exact) mass is 353 g/mol. The van der Waals surface area contributed by atoms with Gasteiger partial charge in [0.2, 0.25) is 0 Å². The van der Waals surface area contributed by atoms with Gasteiger partial charge in [-0.1, -0.05) is 19.1 Å².